The summed E-state index contributed by atoms with van der Waals surface area (Å²) in [6.45, 7) is 12.5. The van der Waals surface area contributed by atoms with Gasteiger partial charge in [0.15, 0.2) is 0 Å². The van der Waals surface area contributed by atoms with Crippen molar-refractivity contribution < 1.29 is 9.09 Å². The Hall–Kier alpha value is 0.240. The lowest BCUT2D eigenvalue weighted by Gasteiger charge is -2.19. The molecule has 1 atom stereocenters. The first kappa shape index (κ1) is 16.2. The highest BCUT2D eigenvalue weighted by molar-refractivity contribution is 8.03. The highest BCUT2D eigenvalue weighted by Gasteiger charge is 2.20. The molecule has 0 radical (unpaired) electrons. The molecule has 0 aromatic rings. The Morgan fingerprint density at radius 2 is 2.00 bits per heavy atom. The van der Waals surface area contributed by atoms with Crippen LogP contribution in [0.4, 0.5) is 0 Å². The van der Waals surface area contributed by atoms with Crippen LogP contribution in [0.1, 0.15) is 41.5 Å². The molecule has 0 aromatic heterocycles. The van der Waals surface area contributed by atoms with Gasteiger partial charge in [-0.2, -0.15) is 0 Å². The molecule has 0 aromatic carbocycles. The standard InChI is InChI=1S/C11H24NO2PS/c1-7-14-15(13,12-10(2)3)8-9-16-11(4,5)6/h8-10H,7H2,1-6H3,(H,12,13)/b9-8-. The monoisotopic (exact) mass is 265 g/mol. The second-order valence-electron chi connectivity index (χ2n) is 4.81. The zero-order valence-electron chi connectivity index (χ0n) is 11.1. The third-order valence-corrected chi connectivity index (χ3v) is 4.68. The predicted octanol–water partition coefficient (Wildman–Crippen LogP) is 4.22. The molecule has 0 aliphatic heterocycles. The summed E-state index contributed by atoms with van der Waals surface area (Å²) in [5.74, 6) is 1.66. The lowest BCUT2D eigenvalue weighted by Crippen LogP contribution is -2.19. The van der Waals surface area contributed by atoms with Crippen LogP contribution in [-0.4, -0.2) is 17.4 Å². The van der Waals surface area contributed by atoms with Gasteiger partial charge in [0.1, 0.15) is 0 Å². The second-order valence-corrected chi connectivity index (χ2v) is 8.56. The molecule has 0 amide bonds. The molecule has 16 heavy (non-hydrogen) atoms. The van der Waals surface area contributed by atoms with Crippen molar-refractivity contribution in [1.29, 1.82) is 0 Å². The molecular weight excluding hydrogens is 241 g/mol. The summed E-state index contributed by atoms with van der Waals surface area (Å²) in [7, 11) is -2.81. The van der Waals surface area contributed by atoms with E-state index in [1.807, 2.05) is 26.2 Å². The first-order valence-electron chi connectivity index (χ1n) is 5.56. The molecule has 0 spiro atoms. The molecular formula is C11H24NO2PS. The number of rotatable bonds is 6. The summed E-state index contributed by atoms with van der Waals surface area (Å²) in [4.78, 5) is 0. The summed E-state index contributed by atoms with van der Waals surface area (Å²) in [5.41, 5.74) is 0. The van der Waals surface area contributed by atoms with E-state index in [2.05, 4.69) is 25.9 Å². The SMILES string of the molecule is CCOP(=O)(/C=C\SC(C)(C)C)NC(C)C. The maximum Gasteiger partial charge on any atom is 0.293 e. The van der Waals surface area contributed by atoms with Crippen molar-refractivity contribution in [2.24, 2.45) is 0 Å². The van der Waals surface area contributed by atoms with Gasteiger partial charge in [0.05, 0.1) is 6.61 Å². The molecule has 5 heteroatoms. The van der Waals surface area contributed by atoms with Crippen LogP contribution >= 0.6 is 19.3 Å². The van der Waals surface area contributed by atoms with E-state index in [-0.39, 0.29) is 10.8 Å². The maximum atomic E-state index is 12.3. The van der Waals surface area contributed by atoms with Crippen molar-refractivity contribution in [2.45, 2.75) is 52.3 Å². The van der Waals surface area contributed by atoms with Crippen LogP contribution in [-0.2, 0) is 9.09 Å². The molecule has 0 aliphatic carbocycles. The van der Waals surface area contributed by atoms with Crippen molar-refractivity contribution in [3.63, 3.8) is 0 Å². The Kier molecular flexibility index (Phi) is 6.95. The van der Waals surface area contributed by atoms with Crippen molar-refractivity contribution in [2.75, 3.05) is 6.61 Å². The van der Waals surface area contributed by atoms with Gasteiger partial charge in [-0.3, -0.25) is 4.57 Å². The van der Waals surface area contributed by atoms with Crippen molar-refractivity contribution in [1.82, 2.24) is 5.09 Å². The molecule has 0 saturated heterocycles. The van der Waals surface area contributed by atoms with Crippen molar-refractivity contribution in [3.8, 4) is 0 Å². The van der Waals surface area contributed by atoms with Gasteiger partial charge >= 0.3 is 0 Å². The fourth-order valence-electron chi connectivity index (χ4n) is 0.990. The normalized spacial score (nSPS) is 16.9. The van der Waals surface area contributed by atoms with E-state index in [1.165, 1.54) is 0 Å². The number of hydrogen-bond donors (Lipinski definition) is 1. The fourth-order valence-corrected chi connectivity index (χ4v) is 3.63. The number of thioether (sulfide) groups is 1. The number of nitrogens with one attached hydrogen (secondary N) is 1. The largest absolute Gasteiger partial charge is 0.315 e. The fraction of sp³-hybridized carbons (Fsp3) is 0.818. The molecule has 0 saturated carbocycles. The Morgan fingerprint density at radius 1 is 1.44 bits per heavy atom. The van der Waals surface area contributed by atoms with Gasteiger partial charge in [-0.25, -0.2) is 5.09 Å². The van der Waals surface area contributed by atoms with Gasteiger partial charge < -0.3 is 4.52 Å². The van der Waals surface area contributed by atoms with Gasteiger partial charge in [0, 0.05) is 16.6 Å². The van der Waals surface area contributed by atoms with Crippen molar-refractivity contribution >= 4 is 19.3 Å². The van der Waals surface area contributed by atoms with Gasteiger partial charge in [-0.15, -0.1) is 11.8 Å². The minimum atomic E-state index is -2.81. The average Bonchev–Trinajstić information content (AvgIpc) is 1.99. The molecule has 0 fully saturated rings. The Bertz CT molecular complexity index is 272. The zero-order valence-corrected chi connectivity index (χ0v) is 12.8. The Morgan fingerprint density at radius 3 is 2.38 bits per heavy atom. The average molecular weight is 265 g/mol. The summed E-state index contributed by atoms with van der Waals surface area (Å²) in [6, 6.07) is 0.140. The van der Waals surface area contributed by atoms with Crippen LogP contribution in [0.25, 0.3) is 0 Å². The van der Waals surface area contributed by atoms with Gasteiger partial charge in [0.25, 0.3) is 7.52 Å². The Labute approximate surface area is 104 Å². The third kappa shape index (κ3) is 8.40. The van der Waals surface area contributed by atoms with Crippen LogP contribution in [0.5, 0.6) is 0 Å². The van der Waals surface area contributed by atoms with Crippen LogP contribution in [0.3, 0.4) is 0 Å². The third-order valence-electron chi connectivity index (χ3n) is 1.44. The van der Waals surface area contributed by atoms with E-state index in [0.29, 0.717) is 6.61 Å². The van der Waals surface area contributed by atoms with Crippen LogP contribution in [0.15, 0.2) is 11.2 Å². The highest BCUT2D eigenvalue weighted by Crippen LogP contribution is 2.45. The van der Waals surface area contributed by atoms with E-state index in [0.717, 1.165) is 0 Å². The van der Waals surface area contributed by atoms with Crippen molar-refractivity contribution in [3.05, 3.63) is 11.2 Å². The smallest absolute Gasteiger partial charge is 0.293 e. The lowest BCUT2D eigenvalue weighted by atomic mass is 10.3. The van der Waals surface area contributed by atoms with Crippen LogP contribution < -0.4 is 5.09 Å². The summed E-state index contributed by atoms with van der Waals surface area (Å²) in [6.07, 6.45) is 0. The van der Waals surface area contributed by atoms with Gasteiger partial charge in [-0.1, -0.05) is 20.8 Å². The summed E-state index contributed by atoms with van der Waals surface area (Å²) >= 11 is 1.64. The molecule has 1 unspecified atom stereocenters. The zero-order chi connectivity index (χ0) is 12.8. The molecule has 0 aliphatic rings. The lowest BCUT2D eigenvalue weighted by molar-refractivity contribution is 0.329. The number of hydrogen-bond acceptors (Lipinski definition) is 3. The minimum Gasteiger partial charge on any atom is -0.315 e. The van der Waals surface area contributed by atoms with E-state index in [9.17, 15) is 4.57 Å². The van der Waals surface area contributed by atoms with E-state index < -0.39 is 7.52 Å². The highest BCUT2D eigenvalue weighted by atomic mass is 32.2. The molecule has 0 rings (SSSR count). The van der Waals surface area contributed by atoms with Crippen LogP contribution in [0.2, 0.25) is 0 Å². The molecule has 1 N–H and O–H groups in total. The predicted molar refractivity (Wildman–Crippen MR) is 74.0 cm³/mol. The molecule has 96 valence electrons. The van der Waals surface area contributed by atoms with Crippen LogP contribution in [0, 0.1) is 0 Å². The molecule has 0 heterocycles. The van der Waals surface area contributed by atoms with E-state index in [1.54, 1.807) is 17.6 Å². The molecule has 0 bridgehead atoms. The summed E-state index contributed by atoms with van der Waals surface area (Å²) in [5, 5.41) is 4.84. The quantitative estimate of drug-likeness (QED) is 0.730. The first-order valence-corrected chi connectivity index (χ1v) is 8.13. The Balaban J connectivity index is 4.49. The van der Waals surface area contributed by atoms with Gasteiger partial charge in [0.2, 0.25) is 0 Å². The minimum absolute atomic E-state index is 0.130. The second kappa shape index (κ2) is 6.85. The van der Waals surface area contributed by atoms with E-state index in [4.69, 9.17) is 4.52 Å². The summed E-state index contributed by atoms with van der Waals surface area (Å²) < 4.78 is 17.7. The van der Waals surface area contributed by atoms with Gasteiger partial charge in [-0.05, 0) is 26.2 Å². The van der Waals surface area contributed by atoms with E-state index >= 15 is 0 Å². The maximum absolute atomic E-state index is 12.3. The molecule has 3 nitrogen and oxygen atoms in total. The topological polar surface area (TPSA) is 38.3 Å². The first-order chi connectivity index (χ1) is 7.18.